The minimum atomic E-state index is -0.734. The van der Waals surface area contributed by atoms with E-state index in [0.717, 1.165) is 11.8 Å². The Labute approximate surface area is 173 Å². The molecule has 0 radical (unpaired) electrons. The molecule has 0 aromatic heterocycles. The van der Waals surface area contributed by atoms with E-state index in [1.165, 1.54) is 24.3 Å². The Morgan fingerprint density at radius 3 is 2.47 bits per heavy atom. The number of nitro groups is 1. The standard InChI is InChI=1S/C21H22N2O7/c1-2-28-18-7-9-19(10-8-18)29-13-12-22-20(24)15-30-21(25)11-6-16-4-3-5-17(14-16)23(26)27/h3-11,14H,2,12-13,15H2,1H3,(H,22,24)/b11-6+. The van der Waals surface area contributed by atoms with Gasteiger partial charge in [-0.05, 0) is 42.8 Å². The Kier molecular flexibility index (Phi) is 8.85. The summed E-state index contributed by atoms with van der Waals surface area (Å²) in [6.45, 7) is 2.54. The zero-order valence-corrected chi connectivity index (χ0v) is 16.4. The topological polar surface area (TPSA) is 117 Å². The van der Waals surface area contributed by atoms with Crippen molar-refractivity contribution in [1.82, 2.24) is 5.32 Å². The van der Waals surface area contributed by atoms with Crippen LogP contribution in [0.5, 0.6) is 11.5 Å². The predicted octanol–water partition coefficient (Wildman–Crippen LogP) is 2.75. The zero-order valence-electron chi connectivity index (χ0n) is 16.4. The summed E-state index contributed by atoms with van der Waals surface area (Å²) >= 11 is 0. The lowest BCUT2D eigenvalue weighted by atomic mass is 10.2. The van der Waals surface area contributed by atoms with Crippen LogP contribution in [-0.4, -0.2) is 43.2 Å². The van der Waals surface area contributed by atoms with E-state index >= 15 is 0 Å². The van der Waals surface area contributed by atoms with Gasteiger partial charge < -0.3 is 19.5 Å². The Morgan fingerprint density at radius 1 is 1.10 bits per heavy atom. The first-order chi connectivity index (χ1) is 14.5. The molecule has 1 amide bonds. The Bertz CT molecular complexity index is 894. The molecular formula is C21H22N2O7. The minimum Gasteiger partial charge on any atom is -0.494 e. The molecule has 9 nitrogen and oxygen atoms in total. The van der Waals surface area contributed by atoms with E-state index in [0.29, 0.717) is 17.9 Å². The summed E-state index contributed by atoms with van der Waals surface area (Å²) in [4.78, 5) is 33.6. The largest absolute Gasteiger partial charge is 0.494 e. The maximum absolute atomic E-state index is 11.7. The number of esters is 1. The highest BCUT2D eigenvalue weighted by Crippen LogP contribution is 2.17. The molecule has 2 aromatic carbocycles. The predicted molar refractivity (Wildman–Crippen MR) is 109 cm³/mol. The van der Waals surface area contributed by atoms with E-state index in [2.05, 4.69) is 5.32 Å². The number of rotatable bonds is 11. The summed E-state index contributed by atoms with van der Waals surface area (Å²) in [5.74, 6) is 0.189. The molecule has 30 heavy (non-hydrogen) atoms. The van der Waals surface area contributed by atoms with Crippen LogP contribution in [0.2, 0.25) is 0 Å². The fourth-order valence-corrected chi connectivity index (χ4v) is 2.30. The number of hydrogen-bond donors (Lipinski definition) is 1. The summed E-state index contributed by atoms with van der Waals surface area (Å²) in [5.41, 5.74) is 0.384. The zero-order chi connectivity index (χ0) is 21.8. The van der Waals surface area contributed by atoms with Crippen LogP contribution in [0.4, 0.5) is 5.69 Å². The smallest absolute Gasteiger partial charge is 0.331 e. The number of nitrogens with one attached hydrogen (secondary N) is 1. The average molecular weight is 414 g/mol. The summed E-state index contributed by atoms with van der Waals surface area (Å²) in [5, 5.41) is 13.3. The second-order valence-electron chi connectivity index (χ2n) is 5.90. The van der Waals surface area contributed by atoms with Gasteiger partial charge in [-0.1, -0.05) is 12.1 Å². The van der Waals surface area contributed by atoms with Gasteiger partial charge in [0, 0.05) is 18.2 Å². The van der Waals surface area contributed by atoms with Crippen molar-refractivity contribution in [3.63, 3.8) is 0 Å². The van der Waals surface area contributed by atoms with Crippen LogP contribution < -0.4 is 14.8 Å². The third-order valence-corrected chi connectivity index (χ3v) is 3.67. The average Bonchev–Trinajstić information content (AvgIpc) is 2.75. The molecule has 2 aromatic rings. The molecular weight excluding hydrogens is 392 g/mol. The molecule has 9 heteroatoms. The molecule has 1 N–H and O–H groups in total. The number of nitrogens with zero attached hydrogens (tertiary/aromatic N) is 1. The number of nitro benzene ring substituents is 1. The number of non-ortho nitro benzene ring substituents is 1. The van der Waals surface area contributed by atoms with Crippen LogP contribution in [0.25, 0.3) is 6.08 Å². The maximum Gasteiger partial charge on any atom is 0.331 e. The highest BCUT2D eigenvalue weighted by molar-refractivity contribution is 5.89. The van der Waals surface area contributed by atoms with Crippen LogP contribution in [0.15, 0.2) is 54.6 Å². The second kappa shape index (κ2) is 11.8. The van der Waals surface area contributed by atoms with Gasteiger partial charge in [0.25, 0.3) is 11.6 Å². The van der Waals surface area contributed by atoms with Crippen LogP contribution in [0, 0.1) is 10.1 Å². The fourth-order valence-electron chi connectivity index (χ4n) is 2.30. The Hall–Kier alpha value is -3.88. The summed E-state index contributed by atoms with van der Waals surface area (Å²) in [7, 11) is 0. The minimum absolute atomic E-state index is 0.0858. The number of carbonyl (C=O) groups is 2. The third-order valence-electron chi connectivity index (χ3n) is 3.67. The summed E-state index contributed by atoms with van der Waals surface area (Å²) in [6.07, 6.45) is 2.47. The first-order valence-corrected chi connectivity index (χ1v) is 9.19. The van der Waals surface area contributed by atoms with Gasteiger partial charge in [0.05, 0.1) is 18.1 Å². The SMILES string of the molecule is CCOc1ccc(OCCNC(=O)COC(=O)/C=C/c2cccc([N+](=O)[O-])c2)cc1. The van der Waals surface area contributed by atoms with Crippen LogP contribution >= 0.6 is 0 Å². The lowest BCUT2D eigenvalue weighted by Crippen LogP contribution is -2.31. The molecule has 0 saturated heterocycles. The molecule has 2 rings (SSSR count). The van der Waals surface area contributed by atoms with Gasteiger partial charge in [0.1, 0.15) is 18.1 Å². The van der Waals surface area contributed by atoms with Crippen molar-refractivity contribution in [3.8, 4) is 11.5 Å². The van der Waals surface area contributed by atoms with Gasteiger partial charge in [0.2, 0.25) is 0 Å². The van der Waals surface area contributed by atoms with E-state index in [4.69, 9.17) is 14.2 Å². The Morgan fingerprint density at radius 2 is 1.80 bits per heavy atom. The monoisotopic (exact) mass is 414 g/mol. The van der Waals surface area contributed by atoms with Gasteiger partial charge in [-0.15, -0.1) is 0 Å². The third kappa shape index (κ3) is 8.01. The molecule has 0 unspecified atom stereocenters. The van der Waals surface area contributed by atoms with Crippen molar-refractivity contribution in [2.45, 2.75) is 6.92 Å². The molecule has 0 aliphatic carbocycles. The first-order valence-electron chi connectivity index (χ1n) is 9.19. The maximum atomic E-state index is 11.7. The molecule has 0 aliphatic rings. The van der Waals surface area contributed by atoms with Crippen molar-refractivity contribution >= 4 is 23.6 Å². The molecule has 0 atom stereocenters. The summed E-state index contributed by atoms with van der Waals surface area (Å²) < 4.78 is 15.7. The lowest BCUT2D eigenvalue weighted by Gasteiger charge is -2.09. The molecule has 0 bridgehead atoms. The van der Waals surface area contributed by atoms with Crippen molar-refractivity contribution in [3.05, 3.63) is 70.3 Å². The highest BCUT2D eigenvalue weighted by Gasteiger charge is 2.06. The molecule has 0 aliphatic heterocycles. The molecule has 158 valence electrons. The van der Waals surface area contributed by atoms with E-state index in [1.54, 1.807) is 30.3 Å². The number of carbonyl (C=O) groups excluding carboxylic acids is 2. The van der Waals surface area contributed by atoms with Crippen molar-refractivity contribution in [2.75, 3.05) is 26.4 Å². The summed E-state index contributed by atoms with van der Waals surface area (Å²) in [6, 6.07) is 12.9. The van der Waals surface area contributed by atoms with Gasteiger partial charge in [-0.3, -0.25) is 14.9 Å². The van der Waals surface area contributed by atoms with Crippen LogP contribution in [-0.2, 0) is 14.3 Å². The van der Waals surface area contributed by atoms with Gasteiger partial charge >= 0.3 is 5.97 Å². The highest BCUT2D eigenvalue weighted by atomic mass is 16.6. The van der Waals surface area contributed by atoms with E-state index in [1.807, 2.05) is 6.92 Å². The van der Waals surface area contributed by atoms with Crippen molar-refractivity contribution < 1.29 is 28.7 Å². The number of amides is 1. The van der Waals surface area contributed by atoms with E-state index in [-0.39, 0.29) is 18.8 Å². The van der Waals surface area contributed by atoms with Crippen LogP contribution in [0.3, 0.4) is 0 Å². The van der Waals surface area contributed by atoms with E-state index < -0.39 is 23.4 Å². The van der Waals surface area contributed by atoms with Gasteiger partial charge in [-0.2, -0.15) is 0 Å². The van der Waals surface area contributed by atoms with Crippen molar-refractivity contribution in [2.24, 2.45) is 0 Å². The number of ether oxygens (including phenoxy) is 3. The molecule has 0 spiro atoms. The number of hydrogen-bond acceptors (Lipinski definition) is 7. The van der Waals surface area contributed by atoms with Gasteiger partial charge in [0.15, 0.2) is 6.61 Å². The molecule has 0 saturated carbocycles. The Balaban J connectivity index is 1.64. The van der Waals surface area contributed by atoms with Crippen LogP contribution in [0.1, 0.15) is 12.5 Å². The lowest BCUT2D eigenvalue weighted by molar-refractivity contribution is -0.384. The first kappa shape index (κ1) is 22.4. The van der Waals surface area contributed by atoms with Gasteiger partial charge in [-0.25, -0.2) is 4.79 Å². The quantitative estimate of drug-likeness (QED) is 0.197. The van der Waals surface area contributed by atoms with Crippen molar-refractivity contribution in [1.29, 1.82) is 0 Å². The number of benzene rings is 2. The fraction of sp³-hybridized carbons (Fsp3) is 0.238. The normalized spacial score (nSPS) is 10.4. The van der Waals surface area contributed by atoms with E-state index in [9.17, 15) is 19.7 Å². The molecule has 0 heterocycles. The second-order valence-corrected chi connectivity index (χ2v) is 5.90. The molecule has 0 fully saturated rings.